The maximum atomic E-state index is 13.7. The Morgan fingerprint density at radius 3 is 2.42 bits per heavy atom. The van der Waals surface area contributed by atoms with Crippen LogP contribution in [-0.2, 0) is 4.79 Å². The van der Waals surface area contributed by atoms with Crippen LogP contribution in [-0.4, -0.2) is 22.8 Å². The minimum Gasteiger partial charge on any atom is -0.351 e. The van der Waals surface area contributed by atoms with Gasteiger partial charge in [-0.15, -0.1) is 0 Å². The van der Waals surface area contributed by atoms with E-state index in [4.69, 9.17) is 0 Å². The van der Waals surface area contributed by atoms with Crippen molar-refractivity contribution < 1.29 is 14.0 Å². The zero-order valence-electron chi connectivity index (χ0n) is 18.7. The van der Waals surface area contributed by atoms with Crippen LogP contribution in [0.3, 0.4) is 0 Å². The molecule has 0 saturated heterocycles. The highest BCUT2D eigenvalue weighted by atomic mass is 19.1. The fourth-order valence-corrected chi connectivity index (χ4v) is 4.36. The van der Waals surface area contributed by atoms with Gasteiger partial charge in [0.05, 0.1) is 0 Å². The van der Waals surface area contributed by atoms with Crippen molar-refractivity contribution in [3.05, 3.63) is 95.6 Å². The van der Waals surface area contributed by atoms with Gasteiger partial charge >= 0.3 is 0 Å². The van der Waals surface area contributed by atoms with Gasteiger partial charge in [0, 0.05) is 17.9 Å². The minimum atomic E-state index is -0.969. The van der Waals surface area contributed by atoms with E-state index in [2.05, 4.69) is 10.3 Å². The molecule has 1 heterocycles. The second-order valence-electron chi connectivity index (χ2n) is 8.53. The fraction of sp³-hybridized carbons (Fsp3) is 0.296. The van der Waals surface area contributed by atoms with Crippen LogP contribution in [0.5, 0.6) is 0 Å². The summed E-state index contributed by atoms with van der Waals surface area (Å²) in [4.78, 5) is 33.2. The average molecular weight is 446 g/mol. The van der Waals surface area contributed by atoms with Crippen LogP contribution in [0.15, 0.2) is 72.9 Å². The molecule has 4 rings (SSSR count). The topological polar surface area (TPSA) is 62.3 Å². The SMILES string of the molecule is Cc1cccc(N(C(=O)c2ccccn2)[C@H](C(=O)NC2CCCCC2)c2ccc(F)cc2)c1. The quantitative estimate of drug-likeness (QED) is 0.555. The summed E-state index contributed by atoms with van der Waals surface area (Å²) in [5.41, 5.74) is 2.31. The highest BCUT2D eigenvalue weighted by molar-refractivity contribution is 6.09. The fourth-order valence-electron chi connectivity index (χ4n) is 4.36. The summed E-state index contributed by atoms with van der Waals surface area (Å²) in [6, 6.07) is 17.4. The summed E-state index contributed by atoms with van der Waals surface area (Å²) in [6.45, 7) is 1.93. The lowest BCUT2D eigenvalue weighted by Crippen LogP contribution is -2.47. The molecule has 0 spiro atoms. The molecule has 5 nitrogen and oxygen atoms in total. The number of pyridine rings is 1. The number of halogens is 1. The molecule has 1 aliphatic carbocycles. The van der Waals surface area contributed by atoms with E-state index in [0.29, 0.717) is 11.3 Å². The third-order valence-electron chi connectivity index (χ3n) is 6.03. The van der Waals surface area contributed by atoms with Crippen LogP contribution in [0, 0.1) is 12.7 Å². The van der Waals surface area contributed by atoms with Crippen molar-refractivity contribution in [2.45, 2.75) is 51.1 Å². The van der Waals surface area contributed by atoms with E-state index in [9.17, 15) is 14.0 Å². The van der Waals surface area contributed by atoms with Crippen molar-refractivity contribution in [3.63, 3.8) is 0 Å². The van der Waals surface area contributed by atoms with E-state index in [-0.39, 0.29) is 17.6 Å². The van der Waals surface area contributed by atoms with Crippen LogP contribution in [0.2, 0.25) is 0 Å². The van der Waals surface area contributed by atoms with E-state index in [1.54, 1.807) is 42.6 Å². The normalized spacial score (nSPS) is 15.0. The highest BCUT2D eigenvalue weighted by Crippen LogP contribution is 2.31. The third-order valence-corrected chi connectivity index (χ3v) is 6.03. The number of anilines is 1. The van der Waals surface area contributed by atoms with Crippen molar-refractivity contribution >= 4 is 17.5 Å². The van der Waals surface area contributed by atoms with Crippen LogP contribution < -0.4 is 10.2 Å². The first-order chi connectivity index (χ1) is 16.0. The number of amides is 2. The zero-order valence-corrected chi connectivity index (χ0v) is 18.7. The molecule has 33 heavy (non-hydrogen) atoms. The van der Waals surface area contributed by atoms with Crippen molar-refractivity contribution in [3.8, 4) is 0 Å². The molecule has 6 heteroatoms. The summed E-state index contributed by atoms with van der Waals surface area (Å²) in [5, 5.41) is 3.16. The van der Waals surface area contributed by atoms with Gasteiger partial charge in [-0.05, 0) is 67.3 Å². The number of nitrogens with zero attached hydrogens (tertiary/aromatic N) is 2. The number of hydrogen-bond donors (Lipinski definition) is 1. The Morgan fingerprint density at radius 2 is 1.76 bits per heavy atom. The molecular weight excluding hydrogens is 417 g/mol. The monoisotopic (exact) mass is 445 g/mol. The van der Waals surface area contributed by atoms with Gasteiger partial charge in [-0.1, -0.05) is 49.6 Å². The Kier molecular flexibility index (Phi) is 7.13. The van der Waals surface area contributed by atoms with Gasteiger partial charge in [0.15, 0.2) is 0 Å². The molecule has 0 unspecified atom stereocenters. The predicted molar refractivity (Wildman–Crippen MR) is 126 cm³/mol. The van der Waals surface area contributed by atoms with E-state index in [0.717, 1.165) is 31.2 Å². The number of nitrogens with one attached hydrogen (secondary N) is 1. The molecule has 1 aromatic heterocycles. The van der Waals surface area contributed by atoms with Crippen molar-refractivity contribution in [2.75, 3.05) is 4.90 Å². The van der Waals surface area contributed by atoms with Gasteiger partial charge < -0.3 is 5.32 Å². The standard InChI is InChI=1S/C27H28FN3O2/c1-19-8-7-11-23(18-19)31(27(33)24-12-5-6-17-29-24)25(20-13-15-21(28)16-14-20)26(32)30-22-9-3-2-4-10-22/h5-8,11-18,22,25H,2-4,9-10H2,1H3,(H,30,32)/t25-/m0/s1. The van der Waals surface area contributed by atoms with Crippen LogP contribution in [0.1, 0.15) is 59.8 Å². The largest absolute Gasteiger partial charge is 0.351 e. The number of hydrogen-bond acceptors (Lipinski definition) is 3. The van der Waals surface area contributed by atoms with Gasteiger partial charge in [-0.2, -0.15) is 0 Å². The van der Waals surface area contributed by atoms with Crippen LogP contribution in [0.25, 0.3) is 0 Å². The van der Waals surface area contributed by atoms with Gasteiger partial charge in [0.2, 0.25) is 5.91 Å². The molecule has 2 amide bonds. The highest BCUT2D eigenvalue weighted by Gasteiger charge is 2.35. The Bertz CT molecular complexity index is 1100. The maximum absolute atomic E-state index is 13.7. The molecule has 1 saturated carbocycles. The Hall–Kier alpha value is -3.54. The maximum Gasteiger partial charge on any atom is 0.277 e. The molecule has 1 fully saturated rings. The van der Waals surface area contributed by atoms with E-state index in [1.807, 2.05) is 25.1 Å². The van der Waals surface area contributed by atoms with Gasteiger partial charge in [0.1, 0.15) is 17.6 Å². The number of carbonyl (C=O) groups is 2. The summed E-state index contributed by atoms with van der Waals surface area (Å²) in [6.07, 6.45) is 6.69. The van der Waals surface area contributed by atoms with Crippen molar-refractivity contribution in [1.29, 1.82) is 0 Å². The molecule has 170 valence electrons. The number of benzene rings is 2. The molecule has 1 N–H and O–H groups in total. The Balaban J connectivity index is 1.80. The smallest absolute Gasteiger partial charge is 0.277 e. The Morgan fingerprint density at radius 1 is 1.00 bits per heavy atom. The second-order valence-corrected chi connectivity index (χ2v) is 8.53. The predicted octanol–water partition coefficient (Wildman–Crippen LogP) is 5.37. The molecule has 3 aromatic rings. The van der Waals surface area contributed by atoms with Gasteiger partial charge in [-0.3, -0.25) is 19.5 Å². The first kappa shape index (κ1) is 22.6. The number of carbonyl (C=O) groups excluding carboxylic acids is 2. The van der Waals surface area contributed by atoms with Gasteiger partial charge in [0.25, 0.3) is 5.91 Å². The summed E-state index contributed by atoms with van der Waals surface area (Å²) in [7, 11) is 0. The second kappa shape index (κ2) is 10.4. The summed E-state index contributed by atoms with van der Waals surface area (Å²) < 4.78 is 13.7. The molecule has 0 aliphatic heterocycles. The lowest BCUT2D eigenvalue weighted by atomic mass is 9.94. The summed E-state index contributed by atoms with van der Waals surface area (Å²) >= 11 is 0. The van der Waals surface area contributed by atoms with Gasteiger partial charge in [-0.25, -0.2) is 4.39 Å². The molecular formula is C27H28FN3O2. The van der Waals surface area contributed by atoms with Crippen molar-refractivity contribution in [2.24, 2.45) is 0 Å². The molecule has 2 aromatic carbocycles. The average Bonchev–Trinajstić information content (AvgIpc) is 2.84. The molecule has 1 aliphatic rings. The van der Waals surface area contributed by atoms with Crippen molar-refractivity contribution in [1.82, 2.24) is 10.3 Å². The first-order valence-corrected chi connectivity index (χ1v) is 11.4. The Labute approximate surface area is 193 Å². The first-order valence-electron chi connectivity index (χ1n) is 11.4. The molecule has 0 bridgehead atoms. The van der Waals surface area contributed by atoms with E-state index in [1.165, 1.54) is 23.5 Å². The van der Waals surface area contributed by atoms with Crippen LogP contribution >= 0.6 is 0 Å². The zero-order chi connectivity index (χ0) is 23.2. The molecule has 0 radical (unpaired) electrons. The third kappa shape index (κ3) is 5.45. The van der Waals surface area contributed by atoms with E-state index >= 15 is 0 Å². The minimum absolute atomic E-state index is 0.0681. The number of aryl methyl sites for hydroxylation is 1. The lowest BCUT2D eigenvalue weighted by Gasteiger charge is -2.33. The number of rotatable bonds is 6. The molecule has 1 atom stereocenters. The lowest BCUT2D eigenvalue weighted by molar-refractivity contribution is -0.123. The number of aromatic nitrogens is 1. The van der Waals surface area contributed by atoms with Crippen LogP contribution in [0.4, 0.5) is 10.1 Å². The van der Waals surface area contributed by atoms with E-state index < -0.39 is 17.8 Å². The summed E-state index contributed by atoms with van der Waals surface area (Å²) in [5.74, 6) is -1.07.